The van der Waals surface area contributed by atoms with Crippen LogP contribution in [-0.2, 0) is 4.74 Å². The SMILES string of the molecule is CCOc1ccc(C(=O)OC)cc1N. The van der Waals surface area contributed by atoms with Gasteiger partial charge in [-0.3, -0.25) is 0 Å². The van der Waals surface area contributed by atoms with Gasteiger partial charge in [0.25, 0.3) is 0 Å². The second-order valence-corrected chi connectivity index (χ2v) is 2.68. The lowest BCUT2D eigenvalue weighted by atomic mass is 10.2. The highest BCUT2D eigenvalue weighted by Crippen LogP contribution is 2.22. The molecule has 0 aliphatic rings. The summed E-state index contributed by atoms with van der Waals surface area (Å²) in [4.78, 5) is 11.1. The van der Waals surface area contributed by atoms with E-state index in [0.717, 1.165) is 0 Å². The van der Waals surface area contributed by atoms with Crippen LogP contribution < -0.4 is 10.5 Å². The summed E-state index contributed by atoms with van der Waals surface area (Å²) in [5, 5.41) is 0. The van der Waals surface area contributed by atoms with E-state index < -0.39 is 5.97 Å². The van der Waals surface area contributed by atoms with E-state index in [4.69, 9.17) is 10.5 Å². The number of nitrogens with two attached hydrogens (primary N) is 1. The van der Waals surface area contributed by atoms with Gasteiger partial charge in [-0.2, -0.15) is 0 Å². The molecule has 0 amide bonds. The number of esters is 1. The van der Waals surface area contributed by atoms with Crippen LogP contribution in [0.25, 0.3) is 0 Å². The fourth-order valence-electron chi connectivity index (χ4n) is 1.08. The molecule has 2 N–H and O–H groups in total. The first-order chi connectivity index (χ1) is 6.69. The lowest BCUT2D eigenvalue weighted by molar-refractivity contribution is 0.0601. The van der Waals surface area contributed by atoms with Crippen LogP contribution in [0.1, 0.15) is 17.3 Å². The molecule has 0 heterocycles. The summed E-state index contributed by atoms with van der Waals surface area (Å²) < 4.78 is 9.78. The van der Waals surface area contributed by atoms with E-state index in [1.165, 1.54) is 13.2 Å². The maximum Gasteiger partial charge on any atom is 0.337 e. The van der Waals surface area contributed by atoms with E-state index in [0.29, 0.717) is 23.6 Å². The van der Waals surface area contributed by atoms with Crippen LogP contribution in [0.15, 0.2) is 18.2 Å². The van der Waals surface area contributed by atoms with E-state index >= 15 is 0 Å². The highest BCUT2D eigenvalue weighted by Gasteiger charge is 2.07. The van der Waals surface area contributed by atoms with Gasteiger partial charge >= 0.3 is 5.97 Å². The van der Waals surface area contributed by atoms with Crippen LogP contribution in [0.4, 0.5) is 5.69 Å². The molecule has 4 heteroatoms. The number of nitrogen functional groups attached to an aromatic ring is 1. The summed E-state index contributed by atoms with van der Waals surface area (Å²) in [5.74, 6) is 0.180. The average Bonchev–Trinajstić information content (AvgIpc) is 2.20. The van der Waals surface area contributed by atoms with Gasteiger partial charge in [0.2, 0.25) is 0 Å². The van der Waals surface area contributed by atoms with Crippen molar-refractivity contribution in [1.29, 1.82) is 0 Å². The van der Waals surface area contributed by atoms with E-state index in [2.05, 4.69) is 4.74 Å². The molecule has 0 aromatic heterocycles. The fraction of sp³-hybridized carbons (Fsp3) is 0.300. The fourth-order valence-corrected chi connectivity index (χ4v) is 1.08. The Hall–Kier alpha value is -1.71. The molecule has 0 fully saturated rings. The molecule has 0 atom stereocenters. The smallest absolute Gasteiger partial charge is 0.337 e. The van der Waals surface area contributed by atoms with Gasteiger partial charge in [0.15, 0.2) is 0 Å². The zero-order valence-electron chi connectivity index (χ0n) is 8.24. The second kappa shape index (κ2) is 4.50. The third-order valence-electron chi connectivity index (χ3n) is 1.73. The Morgan fingerprint density at radius 1 is 1.50 bits per heavy atom. The summed E-state index contributed by atoms with van der Waals surface area (Å²) in [6.45, 7) is 2.41. The standard InChI is InChI=1S/C10H13NO3/c1-3-14-9-5-4-7(6-8(9)11)10(12)13-2/h4-6H,3,11H2,1-2H3. The highest BCUT2D eigenvalue weighted by molar-refractivity contribution is 5.90. The first kappa shape index (κ1) is 10.4. The van der Waals surface area contributed by atoms with Crippen molar-refractivity contribution in [2.75, 3.05) is 19.5 Å². The molecule has 0 saturated carbocycles. The summed E-state index contributed by atoms with van der Waals surface area (Å²) in [6, 6.07) is 4.81. The van der Waals surface area contributed by atoms with Crippen LogP contribution in [0, 0.1) is 0 Å². The van der Waals surface area contributed by atoms with E-state index in [1.807, 2.05) is 6.92 Å². The van der Waals surface area contributed by atoms with Crippen molar-refractivity contribution in [3.05, 3.63) is 23.8 Å². The normalized spacial score (nSPS) is 9.57. The van der Waals surface area contributed by atoms with Crippen LogP contribution in [0.5, 0.6) is 5.75 Å². The van der Waals surface area contributed by atoms with Crippen molar-refractivity contribution in [1.82, 2.24) is 0 Å². The Morgan fingerprint density at radius 3 is 2.71 bits per heavy atom. The minimum Gasteiger partial charge on any atom is -0.492 e. The first-order valence-corrected chi connectivity index (χ1v) is 4.29. The number of benzene rings is 1. The van der Waals surface area contributed by atoms with Gasteiger partial charge in [-0.1, -0.05) is 0 Å². The molecule has 0 unspecified atom stereocenters. The number of hydrogen-bond acceptors (Lipinski definition) is 4. The van der Waals surface area contributed by atoms with Crippen LogP contribution in [0.2, 0.25) is 0 Å². The van der Waals surface area contributed by atoms with Gasteiger partial charge in [0.05, 0.1) is 25.0 Å². The van der Waals surface area contributed by atoms with Crippen molar-refractivity contribution in [2.24, 2.45) is 0 Å². The van der Waals surface area contributed by atoms with Gasteiger partial charge in [-0.05, 0) is 25.1 Å². The largest absolute Gasteiger partial charge is 0.492 e. The molecule has 0 spiro atoms. The number of hydrogen-bond donors (Lipinski definition) is 1. The highest BCUT2D eigenvalue weighted by atomic mass is 16.5. The second-order valence-electron chi connectivity index (χ2n) is 2.68. The number of carbonyl (C=O) groups is 1. The first-order valence-electron chi connectivity index (χ1n) is 4.29. The van der Waals surface area contributed by atoms with Crippen LogP contribution in [0.3, 0.4) is 0 Å². The average molecular weight is 195 g/mol. The quantitative estimate of drug-likeness (QED) is 0.585. The lowest BCUT2D eigenvalue weighted by Crippen LogP contribution is -2.03. The van der Waals surface area contributed by atoms with E-state index in [-0.39, 0.29) is 0 Å². The Balaban J connectivity index is 2.94. The van der Waals surface area contributed by atoms with Crippen LogP contribution >= 0.6 is 0 Å². The van der Waals surface area contributed by atoms with E-state index in [1.54, 1.807) is 12.1 Å². The van der Waals surface area contributed by atoms with Gasteiger partial charge in [0.1, 0.15) is 5.75 Å². The minimum absolute atomic E-state index is 0.403. The zero-order valence-corrected chi connectivity index (χ0v) is 8.24. The molecular weight excluding hydrogens is 182 g/mol. The van der Waals surface area contributed by atoms with Crippen LogP contribution in [-0.4, -0.2) is 19.7 Å². The topological polar surface area (TPSA) is 61.5 Å². The molecule has 0 aliphatic carbocycles. The summed E-state index contributed by atoms with van der Waals surface area (Å²) in [7, 11) is 1.33. The molecule has 0 aliphatic heterocycles. The van der Waals surface area contributed by atoms with Gasteiger partial charge in [-0.25, -0.2) is 4.79 Å². The predicted molar refractivity (Wildman–Crippen MR) is 53.4 cm³/mol. The van der Waals surface area contributed by atoms with Crippen molar-refractivity contribution >= 4 is 11.7 Å². The molecule has 4 nitrogen and oxygen atoms in total. The number of rotatable bonds is 3. The maximum absolute atomic E-state index is 11.1. The Morgan fingerprint density at radius 2 is 2.21 bits per heavy atom. The van der Waals surface area contributed by atoms with Crippen molar-refractivity contribution in [2.45, 2.75) is 6.92 Å². The van der Waals surface area contributed by atoms with Crippen molar-refractivity contribution in [3.8, 4) is 5.75 Å². The summed E-state index contributed by atoms with van der Waals surface area (Å²) in [5.41, 5.74) is 6.53. The monoisotopic (exact) mass is 195 g/mol. The molecule has 14 heavy (non-hydrogen) atoms. The molecular formula is C10H13NO3. The van der Waals surface area contributed by atoms with Gasteiger partial charge in [0, 0.05) is 0 Å². The number of carbonyl (C=O) groups excluding carboxylic acids is 1. The van der Waals surface area contributed by atoms with Gasteiger partial charge in [-0.15, -0.1) is 0 Å². The van der Waals surface area contributed by atoms with Crippen molar-refractivity contribution < 1.29 is 14.3 Å². The maximum atomic E-state index is 11.1. The molecule has 1 aromatic carbocycles. The molecule has 1 aromatic rings. The van der Waals surface area contributed by atoms with Crippen molar-refractivity contribution in [3.63, 3.8) is 0 Å². The van der Waals surface area contributed by atoms with Gasteiger partial charge < -0.3 is 15.2 Å². The lowest BCUT2D eigenvalue weighted by Gasteiger charge is -2.07. The molecule has 1 rings (SSSR count). The summed E-state index contributed by atoms with van der Waals surface area (Å²) in [6.07, 6.45) is 0. The number of ether oxygens (including phenoxy) is 2. The third kappa shape index (κ3) is 2.16. The zero-order chi connectivity index (χ0) is 10.6. The number of methoxy groups -OCH3 is 1. The molecule has 76 valence electrons. The third-order valence-corrected chi connectivity index (χ3v) is 1.73. The minimum atomic E-state index is -0.403. The molecule has 0 radical (unpaired) electrons. The molecule has 0 saturated heterocycles. The Kier molecular flexibility index (Phi) is 3.34. The predicted octanol–water partition coefficient (Wildman–Crippen LogP) is 1.45. The van der Waals surface area contributed by atoms with E-state index in [9.17, 15) is 4.79 Å². The Labute approximate surface area is 82.6 Å². The molecule has 0 bridgehead atoms. The Bertz CT molecular complexity index is 336. The summed E-state index contributed by atoms with van der Waals surface area (Å²) >= 11 is 0. The number of anilines is 1.